The Bertz CT molecular complexity index is 931. The van der Waals surface area contributed by atoms with Crippen LogP contribution in [0.15, 0.2) is 46.2 Å². The number of aldehydes is 1. The molecule has 1 aromatic heterocycles. The second kappa shape index (κ2) is 5.81. The minimum atomic E-state index is -0.453. The average molecular weight is 326 g/mol. The Morgan fingerprint density at radius 1 is 1.30 bits per heavy atom. The number of primary amides is 1. The highest BCUT2D eigenvalue weighted by atomic mass is 32.2. The Hall–Kier alpha value is -2.73. The maximum absolute atomic E-state index is 11.4. The largest absolute Gasteiger partial charge is 0.494 e. The van der Waals surface area contributed by atoms with E-state index in [9.17, 15) is 14.7 Å². The molecular formula is C17H14N2O3S. The molecule has 0 bridgehead atoms. The van der Waals surface area contributed by atoms with Gasteiger partial charge < -0.3 is 15.8 Å². The summed E-state index contributed by atoms with van der Waals surface area (Å²) in [5, 5.41) is 10.4. The van der Waals surface area contributed by atoms with E-state index in [4.69, 9.17) is 5.73 Å². The summed E-state index contributed by atoms with van der Waals surface area (Å²) in [7, 11) is 0. The number of carbonyl (C=O) groups is 2. The van der Waals surface area contributed by atoms with Gasteiger partial charge in [-0.1, -0.05) is 23.9 Å². The molecule has 0 aliphatic rings. The molecule has 0 aliphatic heterocycles. The van der Waals surface area contributed by atoms with Crippen molar-refractivity contribution in [3.63, 3.8) is 0 Å². The molecule has 0 aliphatic carbocycles. The second-order valence-electron chi connectivity index (χ2n) is 5.11. The van der Waals surface area contributed by atoms with Gasteiger partial charge >= 0.3 is 0 Å². The highest BCUT2D eigenvalue weighted by Gasteiger charge is 2.12. The summed E-state index contributed by atoms with van der Waals surface area (Å²) >= 11 is 1.49. The van der Waals surface area contributed by atoms with Crippen LogP contribution in [0.5, 0.6) is 5.88 Å². The van der Waals surface area contributed by atoms with Crippen LogP contribution in [0, 0.1) is 6.92 Å². The average Bonchev–Trinajstić information content (AvgIpc) is 2.83. The third-order valence-electron chi connectivity index (χ3n) is 3.68. The monoisotopic (exact) mass is 326 g/mol. The van der Waals surface area contributed by atoms with Crippen molar-refractivity contribution in [1.29, 1.82) is 0 Å². The lowest BCUT2D eigenvalue weighted by molar-refractivity contribution is 0.0999. The van der Waals surface area contributed by atoms with E-state index in [1.807, 2.05) is 25.1 Å². The lowest BCUT2D eigenvalue weighted by Crippen LogP contribution is -2.12. The van der Waals surface area contributed by atoms with Crippen LogP contribution in [0.1, 0.15) is 26.3 Å². The van der Waals surface area contributed by atoms with E-state index in [1.165, 1.54) is 11.8 Å². The summed E-state index contributed by atoms with van der Waals surface area (Å²) in [6.45, 7) is 1.85. The predicted octanol–water partition coefficient (Wildman–Crippen LogP) is 3.24. The maximum atomic E-state index is 11.4. The smallest absolute Gasteiger partial charge is 0.249 e. The first-order chi connectivity index (χ1) is 11.0. The highest BCUT2D eigenvalue weighted by Crippen LogP contribution is 2.35. The van der Waals surface area contributed by atoms with Gasteiger partial charge in [-0.15, -0.1) is 0 Å². The fraction of sp³-hybridized carbons (Fsp3) is 0.0588. The zero-order chi connectivity index (χ0) is 16.6. The maximum Gasteiger partial charge on any atom is 0.249 e. The SMILES string of the molecule is Cc1c(Sc2ccc3c(C=O)c(O)[nH]c3c2)cccc1C(N)=O. The first-order valence-electron chi connectivity index (χ1n) is 6.88. The summed E-state index contributed by atoms with van der Waals surface area (Å²) in [6, 6.07) is 10.9. The summed E-state index contributed by atoms with van der Waals surface area (Å²) < 4.78 is 0. The van der Waals surface area contributed by atoms with Crippen molar-refractivity contribution in [2.24, 2.45) is 5.73 Å². The first kappa shape index (κ1) is 15.2. The fourth-order valence-corrected chi connectivity index (χ4v) is 3.46. The van der Waals surface area contributed by atoms with Crippen LogP contribution >= 0.6 is 11.8 Å². The lowest BCUT2D eigenvalue weighted by Gasteiger charge is -2.09. The van der Waals surface area contributed by atoms with Gasteiger partial charge in [0, 0.05) is 20.7 Å². The van der Waals surface area contributed by atoms with Crippen LogP contribution in [0.25, 0.3) is 10.9 Å². The Labute approximate surface area is 136 Å². The summed E-state index contributed by atoms with van der Waals surface area (Å²) in [4.78, 5) is 27.0. The summed E-state index contributed by atoms with van der Waals surface area (Å²) in [5.41, 5.74) is 7.63. The van der Waals surface area contributed by atoms with E-state index < -0.39 is 5.91 Å². The Morgan fingerprint density at radius 3 is 2.78 bits per heavy atom. The van der Waals surface area contributed by atoms with E-state index in [2.05, 4.69) is 4.98 Å². The number of amides is 1. The van der Waals surface area contributed by atoms with Crippen LogP contribution < -0.4 is 5.73 Å². The number of fused-ring (bicyclic) bond motifs is 1. The number of nitrogens with one attached hydrogen (secondary N) is 1. The molecule has 0 saturated heterocycles. The van der Waals surface area contributed by atoms with Crippen LogP contribution in [0.3, 0.4) is 0 Å². The third kappa shape index (κ3) is 2.68. The van der Waals surface area contributed by atoms with Gasteiger partial charge in [0.1, 0.15) is 0 Å². The van der Waals surface area contributed by atoms with Gasteiger partial charge in [-0.2, -0.15) is 0 Å². The van der Waals surface area contributed by atoms with E-state index in [-0.39, 0.29) is 11.4 Å². The number of benzene rings is 2. The first-order valence-corrected chi connectivity index (χ1v) is 7.70. The van der Waals surface area contributed by atoms with Crippen molar-refractivity contribution in [2.75, 3.05) is 0 Å². The van der Waals surface area contributed by atoms with Crippen molar-refractivity contribution in [2.45, 2.75) is 16.7 Å². The molecule has 0 spiro atoms. The molecule has 6 heteroatoms. The number of carbonyl (C=O) groups excluding carboxylic acids is 2. The standard InChI is InChI=1S/C17H14N2O3S/c1-9-11(16(18)21)3-2-4-15(9)23-10-5-6-12-13(8-20)17(22)19-14(12)7-10/h2-8,19,22H,1H3,(H2,18,21). The number of rotatable bonds is 4. The zero-order valence-corrected chi connectivity index (χ0v) is 13.1. The minimum Gasteiger partial charge on any atom is -0.494 e. The Kier molecular flexibility index (Phi) is 3.83. The molecule has 0 fully saturated rings. The van der Waals surface area contributed by atoms with Crippen LogP contribution in [-0.2, 0) is 0 Å². The normalized spacial score (nSPS) is 10.8. The third-order valence-corrected chi connectivity index (χ3v) is 4.84. The quantitative estimate of drug-likeness (QED) is 0.641. The van der Waals surface area contributed by atoms with Gasteiger partial charge in [-0.25, -0.2) is 0 Å². The highest BCUT2D eigenvalue weighted by molar-refractivity contribution is 7.99. The van der Waals surface area contributed by atoms with Gasteiger partial charge in [0.25, 0.3) is 0 Å². The molecule has 0 atom stereocenters. The molecular weight excluding hydrogens is 312 g/mol. The van der Waals surface area contributed by atoms with Gasteiger partial charge in [0.05, 0.1) is 11.1 Å². The number of nitrogens with two attached hydrogens (primary N) is 1. The molecule has 2 aromatic carbocycles. The topological polar surface area (TPSA) is 96.2 Å². The number of aromatic amines is 1. The van der Waals surface area contributed by atoms with Gasteiger partial charge in [-0.05, 0) is 36.8 Å². The number of H-pyrrole nitrogens is 1. The van der Waals surface area contributed by atoms with Crippen LogP contribution in [0.2, 0.25) is 0 Å². The van der Waals surface area contributed by atoms with Gasteiger partial charge in [0.2, 0.25) is 5.91 Å². The van der Waals surface area contributed by atoms with Crippen molar-refractivity contribution < 1.29 is 14.7 Å². The minimum absolute atomic E-state index is 0.135. The summed E-state index contributed by atoms with van der Waals surface area (Å²) in [5.74, 6) is -0.589. The second-order valence-corrected chi connectivity index (χ2v) is 6.22. The van der Waals surface area contributed by atoms with E-state index in [0.29, 0.717) is 22.8 Å². The van der Waals surface area contributed by atoms with E-state index >= 15 is 0 Å². The predicted molar refractivity (Wildman–Crippen MR) is 89.2 cm³/mol. The molecule has 3 aromatic rings. The molecule has 0 radical (unpaired) electrons. The molecule has 3 rings (SSSR count). The number of aromatic hydroxyl groups is 1. The zero-order valence-electron chi connectivity index (χ0n) is 12.3. The number of hydrogen-bond donors (Lipinski definition) is 3. The van der Waals surface area contributed by atoms with E-state index in [1.54, 1.807) is 18.2 Å². The number of hydrogen-bond acceptors (Lipinski definition) is 4. The molecule has 5 nitrogen and oxygen atoms in total. The van der Waals surface area contributed by atoms with Crippen LogP contribution in [-0.4, -0.2) is 22.3 Å². The molecule has 1 amide bonds. The molecule has 1 heterocycles. The lowest BCUT2D eigenvalue weighted by atomic mass is 10.1. The summed E-state index contributed by atoms with van der Waals surface area (Å²) in [6.07, 6.45) is 0.626. The molecule has 23 heavy (non-hydrogen) atoms. The Morgan fingerprint density at radius 2 is 2.09 bits per heavy atom. The fourth-order valence-electron chi connectivity index (χ4n) is 2.49. The Balaban J connectivity index is 2.01. The molecule has 0 unspecified atom stereocenters. The number of aromatic nitrogens is 1. The molecule has 0 saturated carbocycles. The molecule has 116 valence electrons. The van der Waals surface area contributed by atoms with E-state index in [0.717, 1.165) is 15.4 Å². The van der Waals surface area contributed by atoms with Crippen molar-refractivity contribution in [3.05, 3.63) is 53.1 Å². The van der Waals surface area contributed by atoms with Crippen molar-refractivity contribution >= 4 is 34.9 Å². The van der Waals surface area contributed by atoms with Crippen molar-refractivity contribution in [1.82, 2.24) is 4.98 Å². The van der Waals surface area contributed by atoms with Gasteiger partial charge in [-0.3, -0.25) is 9.59 Å². The molecule has 4 N–H and O–H groups in total. The van der Waals surface area contributed by atoms with Gasteiger partial charge in [0.15, 0.2) is 12.2 Å². The van der Waals surface area contributed by atoms with Crippen LogP contribution in [0.4, 0.5) is 0 Å². The van der Waals surface area contributed by atoms with Crippen molar-refractivity contribution in [3.8, 4) is 5.88 Å².